The number of hydrogen-bond donors (Lipinski definition) is 2. The Morgan fingerprint density at radius 3 is 2.24 bits per heavy atom. The van der Waals surface area contributed by atoms with E-state index in [1.165, 1.54) is 0 Å². The van der Waals surface area contributed by atoms with E-state index in [0.717, 1.165) is 17.7 Å². The van der Waals surface area contributed by atoms with Gasteiger partial charge in [-0.2, -0.15) is 0 Å². The van der Waals surface area contributed by atoms with Crippen LogP contribution in [0.2, 0.25) is 5.02 Å². The largest absolute Gasteiger partial charge is 0.325 e. The minimum absolute atomic E-state index is 0.163. The van der Waals surface area contributed by atoms with Crippen molar-refractivity contribution in [2.24, 2.45) is 5.41 Å². The molecule has 130 valence electrons. The summed E-state index contributed by atoms with van der Waals surface area (Å²) in [6, 6.07) is 7.88. The highest BCUT2D eigenvalue weighted by molar-refractivity contribution is 6.31. The molecule has 3 rings (SSSR count). The second-order valence-corrected chi connectivity index (χ2v) is 6.51. The zero-order chi connectivity index (χ0) is 18.2. The van der Waals surface area contributed by atoms with Crippen molar-refractivity contribution in [2.45, 2.75) is 19.8 Å². The molecule has 1 fully saturated rings. The van der Waals surface area contributed by atoms with Gasteiger partial charge in [-0.1, -0.05) is 17.7 Å². The highest BCUT2D eigenvalue weighted by Gasteiger charge is 2.56. The van der Waals surface area contributed by atoms with Crippen LogP contribution in [0, 0.1) is 24.0 Å². The summed E-state index contributed by atoms with van der Waals surface area (Å²) in [5.41, 5.74) is -0.0947. The molecule has 0 spiro atoms. The third-order valence-electron chi connectivity index (χ3n) is 4.25. The molecule has 2 aromatic rings. The summed E-state index contributed by atoms with van der Waals surface area (Å²) < 4.78 is 26.6. The molecule has 0 unspecified atom stereocenters. The molecule has 0 saturated heterocycles. The second-order valence-electron chi connectivity index (χ2n) is 6.07. The normalized spacial score (nSPS) is 14.7. The van der Waals surface area contributed by atoms with Crippen molar-refractivity contribution >= 4 is 34.8 Å². The Morgan fingerprint density at radius 2 is 1.64 bits per heavy atom. The number of carbonyl (C=O) groups excluding carboxylic acids is 2. The molecule has 0 bridgehead atoms. The zero-order valence-electron chi connectivity index (χ0n) is 13.3. The molecule has 2 amide bonds. The Kier molecular flexibility index (Phi) is 4.47. The summed E-state index contributed by atoms with van der Waals surface area (Å²) >= 11 is 5.93. The van der Waals surface area contributed by atoms with Crippen molar-refractivity contribution < 1.29 is 18.4 Å². The van der Waals surface area contributed by atoms with Gasteiger partial charge in [-0.05, 0) is 49.6 Å². The Labute approximate surface area is 148 Å². The van der Waals surface area contributed by atoms with Gasteiger partial charge in [-0.15, -0.1) is 0 Å². The number of halogens is 3. The number of hydrogen-bond acceptors (Lipinski definition) is 2. The van der Waals surface area contributed by atoms with Crippen LogP contribution in [-0.2, 0) is 9.59 Å². The van der Waals surface area contributed by atoms with Gasteiger partial charge < -0.3 is 10.6 Å². The van der Waals surface area contributed by atoms with Crippen LogP contribution < -0.4 is 10.6 Å². The van der Waals surface area contributed by atoms with E-state index >= 15 is 0 Å². The zero-order valence-corrected chi connectivity index (χ0v) is 14.1. The number of amides is 2. The third-order valence-corrected chi connectivity index (χ3v) is 4.48. The summed E-state index contributed by atoms with van der Waals surface area (Å²) in [5.74, 6) is -2.73. The summed E-state index contributed by atoms with van der Waals surface area (Å²) in [6.07, 6.45) is 0.709. The Morgan fingerprint density at radius 1 is 1.00 bits per heavy atom. The minimum Gasteiger partial charge on any atom is -0.325 e. The first-order valence-electron chi connectivity index (χ1n) is 7.66. The maximum Gasteiger partial charge on any atom is 0.240 e. The van der Waals surface area contributed by atoms with Crippen molar-refractivity contribution in [1.82, 2.24) is 0 Å². The van der Waals surface area contributed by atoms with E-state index in [1.807, 2.05) is 0 Å². The van der Waals surface area contributed by atoms with Gasteiger partial charge in [-0.3, -0.25) is 9.59 Å². The number of aryl methyl sites for hydroxylation is 1. The average Bonchev–Trinajstić information content (AvgIpc) is 3.35. The first-order chi connectivity index (χ1) is 11.8. The maximum absolute atomic E-state index is 13.7. The summed E-state index contributed by atoms with van der Waals surface area (Å²) in [6.45, 7) is 1.81. The van der Waals surface area contributed by atoms with Crippen molar-refractivity contribution in [3.63, 3.8) is 0 Å². The first kappa shape index (κ1) is 17.4. The van der Waals surface area contributed by atoms with E-state index in [0.29, 0.717) is 29.6 Å². The van der Waals surface area contributed by atoms with Gasteiger partial charge in [-0.25, -0.2) is 8.78 Å². The molecule has 2 aromatic carbocycles. The third kappa shape index (κ3) is 3.49. The van der Waals surface area contributed by atoms with Gasteiger partial charge >= 0.3 is 0 Å². The molecule has 1 aliphatic carbocycles. The fourth-order valence-corrected chi connectivity index (χ4v) is 2.66. The Bertz CT molecular complexity index is 866. The molecule has 0 aliphatic heterocycles. The van der Waals surface area contributed by atoms with Gasteiger partial charge in [0.2, 0.25) is 11.8 Å². The first-order valence-corrected chi connectivity index (χ1v) is 8.04. The predicted octanol–water partition coefficient (Wildman–Crippen LogP) is 4.28. The van der Waals surface area contributed by atoms with E-state index < -0.39 is 28.9 Å². The average molecular weight is 365 g/mol. The number of nitrogens with one attached hydrogen (secondary N) is 2. The van der Waals surface area contributed by atoms with Crippen LogP contribution in [-0.4, -0.2) is 11.8 Å². The summed E-state index contributed by atoms with van der Waals surface area (Å²) in [4.78, 5) is 25.0. The van der Waals surface area contributed by atoms with Crippen LogP contribution in [0.5, 0.6) is 0 Å². The van der Waals surface area contributed by atoms with Gasteiger partial charge in [0.05, 0.1) is 5.69 Å². The Hall–Kier alpha value is -2.47. The predicted molar refractivity (Wildman–Crippen MR) is 91.5 cm³/mol. The fraction of sp³-hybridized carbons (Fsp3) is 0.222. The fourth-order valence-electron chi connectivity index (χ4n) is 2.49. The molecular weight excluding hydrogens is 350 g/mol. The van der Waals surface area contributed by atoms with E-state index in [4.69, 9.17) is 11.6 Å². The van der Waals surface area contributed by atoms with Crippen molar-refractivity contribution in [3.05, 3.63) is 58.6 Å². The lowest BCUT2D eigenvalue weighted by Crippen LogP contribution is -2.36. The molecule has 0 heterocycles. The van der Waals surface area contributed by atoms with Gasteiger partial charge in [0.1, 0.15) is 17.0 Å². The molecule has 0 radical (unpaired) electrons. The van der Waals surface area contributed by atoms with Crippen LogP contribution in [0.3, 0.4) is 0 Å². The summed E-state index contributed by atoms with van der Waals surface area (Å²) in [5, 5.41) is 5.53. The molecule has 1 saturated carbocycles. The number of rotatable bonds is 4. The molecule has 1 aliphatic rings. The van der Waals surface area contributed by atoms with E-state index in [-0.39, 0.29) is 5.69 Å². The molecule has 7 heteroatoms. The van der Waals surface area contributed by atoms with E-state index in [9.17, 15) is 18.4 Å². The second kappa shape index (κ2) is 6.44. The van der Waals surface area contributed by atoms with Gasteiger partial charge in [0.25, 0.3) is 0 Å². The SMILES string of the molecule is Cc1ccc(Cl)cc1NC(=O)C1(C(=O)Nc2ccc(F)cc2F)CC1. The summed E-state index contributed by atoms with van der Waals surface area (Å²) in [7, 11) is 0. The number of benzene rings is 2. The van der Waals surface area contributed by atoms with Crippen LogP contribution in [0.1, 0.15) is 18.4 Å². The molecule has 0 aromatic heterocycles. The topological polar surface area (TPSA) is 58.2 Å². The molecule has 2 N–H and O–H groups in total. The van der Waals surface area contributed by atoms with Crippen LogP contribution >= 0.6 is 11.6 Å². The van der Waals surface area contributed by atoms with Crippen LogP contribution in [0.15, 0.2) is 36.4 Å². The molecule has 0 atom stereocenters. The minimum atomic E-state index is -1.25. The van der Waals surface area contributed by atoms with Crippen molar-refractivity contribution in [1.29, 1.82) is 0 Å². The monoisotopic (exact) mass is 364 g/mol. The highest BCUT2D eigenvalue weighted by Crippen LogP contribution is 2.47. The number of carbonyl (C=O) groups is 2. The van der Waals surface area contributed by atoms with Gasteiger partial charge in [0, 0.05) is 16.8 Å². The van der Waals surface area contributed by atoms with E-state index in [1.54, 1.807) is 25.1 Å². The highest BCUT2D eigenvalue weighted by atomic mass is 35.5. The van der Waals surface area contributed by atoms with Crippen molar-refractivity contribution in [2.75, 3.05) is 10.6 Å². The molecule has 25 heavy (non-hydrogen) atoms. The smallest absolute Gasteiger partial charge is 0.240 e. The lowest BCUT2D eigenvalue weighted by molar-refractivity contribution is -0.131. The van der Waals surface area contributed by atoms with Crippen LogP contribution in [0.25, 0.3) is 0 Å². The standard InChI is InChI=1S/C18H15ClF2N2O2/c1-10-2-3-11(19)8-15(10)23-17(25)18(6-7-18)16(24)22-14-5-4-12(20)9-13(14)21/h2-5,8-9H,6-7H2,1H3,(H,22,24)(H,23,25). The molecule has 4 nitrogen and oxygen atoms in total. The lowest BCUT2D eigenvalue weighted by atomic mass is 10.0. The lowest BCUT2D eigenvalue weighted by Gasteiger charge is -2.17. The van der Waals surface area contributed by atoms with Crippen LogP contribution in [0.4, 0.5) is 20.2 Å². The quantitative estimate of drug-likeness (QED) is 0.795. The maximum atomic E-state index is 13.7. The Balaban J connectivity index is 1.75. The van der Waals surface area contributed by atoms with Crippen molar-refractivity contribution in [3.8, 4) is 0 Å². The molecular formula is C18H15ClF2N2O2. The van der Waals surface area contributed by atoms with Gasteiger partial charge in [0.15, 0.2) is 0 Å². The van der Waals surface area contributed by atoms with E-state index in [2.05, 4.69) is 10.6 Å². The number of anilines is 2.